The van der Waals surface area contributed by atoms with Crippen molar-refractivity contribution in [2.24, 2.45) is 0 Å². The highest BCUT2D eigenvalue weighted by molar-refractivity contribution is 8.26. The van der Waals surface area contributed by atoms with Crippen LogP contribution in [0.2, 0.25) is 0 Å². The van der Waals surface area contributed by atoms with Gasteiger partial charge in [-0.2, -0.15) is 0 Å². The average Bonchev–Trinajstić information content (AvgIpc) is 3.12. The molecule has 2 fully saturated rings. The molecule has 0 bridgehead atoms. The van der Waals surface area contributed by atoms with Crippen molar-refractivity contribution in [1.82, 2.24) is 4.90 Å². The molecule has 2 aliphatic heterocycles. The summed E-state index contributed by atoms with van der Waals surface area (Å²) in [6, 6.07) is 7.48. The van der Waals surface area contributed by atoms with Gasteiger partial charge in [0.1, 0.15) is 12.7 Å². The van der Waals surface area contributed by atoms with Crippen LogP contribution >= 0.6 is 24.0 Å². The molecule has 0 saturated carbocycles. The smallest absolute Gasteiger partial charge is 0.303 e. The van der Waals surface area contributed by atoms with Crippen LogP contribution in [0.1, 0.15) is 33.3 Å². The van der Waals surface area contributed by atoms with Crippen molar-refractivity contribution >= 4 is 69.8 Å². The van der Waals surface area contributed by atoms with Crippen molar-refractivity contribution in [3.63, 3.8) is 0 Å². The van der Waals surface area contributed by atoms with Crippen LogP contribution < -0.4 is 4.90 Å². The molecule has 1 amide bonds. The lowest BCUT2D eigenvalue weighted by Gasteiger charge is -2.46. The van der Waals surface area contributed by atoms with E-state index in [0.29, 0.717) is 0 Å². The zero-order valence-electron chi connectivity index (χ0n) is 22.8. The first-order valence-corrected chi connectivity index (χ1v) is 13.4. The Morgan fingerprint density at radius 3 is 2.00 bits per heavy atom. The van der Waals surface area contributed by atoms with Crippen LogP contribution in [-0.2, 0) is 47.7 Å². The number of anilines is 1. The Hall–Kier alpha value is -3.49. The number of thioether (sulfide) groups is 1. The summed E-state index contributed by atoms with van der Waals surface area (Å²) in [5.74, 6) is -3.52. The first-order valence-electron chi connectivity index (χ1n) is 12.1. The minimum Gasteiger partial charge on any atom is -0.463 e. The summed E-state index contributed by atoms with van der Waals surface area (Å²) in [5, 5.41) is 0. The van der Waals surface area contributed by atoms with Gasteiger partial charge in [0, 0.05) is 47.5 Å². The molecule has 0 spiro atoms. The topological polar surface area (TPSA) is 138 Å². The minimum atomic E-state index is -1.44. The average molecular weight is 595 g/mol. The van der Waals surface area contributed by atoms with E-state index >= 15 is 0 Å². The van der Waals surface area contributed by atoms with Gasteiger partial charge in [0.05, 0.1) is 4.91 Å². The van der Waals surface area contributed by atoms with Gasteiger partial charge in [-0.15, -0.1) is 0 Å². The quantitative estimate of drug-likeness (QED) is 0.188. The van der Waals surface area contributed by atoms with Gasteiger partial charge in [0.15, 0.2) is 28.9 Å². The molecule has 0 aliphatic carbocycles. The van der Waals surface area contributed by atoms with E-state index in [-0.39, 0.29) is 9.23 Å². The largest absolute Gasteiger partial charge is 0.463 e. The van der Waals surface area contributed by atoms with Crippen LogP contribution in [0, 0.1) is 0 Å². The fourth-order valence-electron chi connectivity index (χ4n) is 4.13. The molecule has 14 heteroatoms. The molecule has 0 aromatic heterocycles. The summed E-state index contributed by atoms with van der Waals surface area (Å²) in [7, 11) is 3.82. The lowest BCUT2D eigenvalue weighted by molar-refractivity contribution is -0.268. The van der Waals surface area contributed by atoms with Gasteiger partial charge >= 0.3 is 23.9 Å². The number of amides is 1. The molecule has 2 saturated heterocycles. The number of hydrogen-bond acceptors (Lipinski definition) is 13. The van der Waals surface area contributed by atoms with E-state index in [0.717, 1.165) is 48.7 Å². The molecule has 12 nitrogen and oxygen atoms in total. The van der Waals surface area contributed by atoms with E-state index in [1.54, 1.807) is 6.08 Å². The van der Waals surface area contributed by atoms with Crippen molar-refractivity contribution in [3.05, 3.63) is 34.7 Å². The van der Waals surface area contributed by atoms with Gasteiger partial charge in [0.2, 0.25) is 0 Å². The summed E-state index contributed by atoms with van der Waals surface area (Å²) < 4.78 is 27.6. The standard InChI is InChI=1S/C26H30N2O10S2/c1-13(29)34-12-19-21(35-14(2)30)22(36-15(3)31)23(37-16(4)32)25(38-19)28-24(33)20(40-26(28)39)11-17-7-9-18(10-8-17)27(5)6/h7-11,19,21-23,25H,12H2,1-6H3/b20-11+/t19-,21+,22+,23+,25-/m1/s1. The molecule has 2 aliphatic rings. The molecule has 1 aromatic rings. The maximum absolute atomic E-state index is 13.6. The van der Waals surface area contributed by atoms with E-state index in [1.807, 2.05) is 43.3 Å². The number of carbonyl (C=O) groups is 5. The SMILES string of the molecule is CC(=O)OC[C@H]1O[C@@H](N2C(=O)/C(=C\c3ccc(N(C)C)cc3)SC2=S)[C@@H](OC(C)=O)[C@@H](OC(C)=O)[C@H]1OC(C)=O. The monoisotopic (exact) mass is 594 g/mol. The maximum atomic E-state index is 13.6. The summed E-state index contributed by atoms with van der Waals surface area (Å²) in [4.78, 5) is 64.6. The molecule has 0 unspecified atom stereocenters. The molecule has 5 atom stereocenters. The fourth-order valence-corrected chi connectivity index (χ4v) is 5.44. The molecule has 1 aromatic carbocycles. The number of thiocarbonyl (C=S) groups is 1. The van der Waals surface area contributed by atoms with Gasteiger partial charge in [-0.25, -0.2) is 0 Å². The second-order valence-corrected chi connectivity index (χ2v) is 10.8. The number of esters is 4. The highest BCUT2D eigenvalue weighted by Crippen LogP contribution is 2.39. The third-order valence-corrected chi connectivity index (χ3v) is 7.08. The zero-order chi connectivity index (χ0) is 29.7. The van der Waals surface area contributed by atoms with E-state index in [2.05, 4.69) is 0 Å². The highest BCUT2D eigenvalue weighted by atomic mass is 32.2. The molecule has 0 N–H and O–H groups in total. The highest BCUT2D eigenvalue weighted by Gasteiger charge is 2.56. The predicted molar refractivity (Wildman–Crippen MR) is 148 cm³/mol. The number of carbonyl (C=O) groups excluding carboxylic acids is 5. The Morgan fingerprint density at radius 2 is 1.48 bits per heavy atom. The zero-order valence-corrected chi connectivity index (χ0v) is 24.4. The van der Waals surface area contributed by atoms with Crippen molar-refractivity contribution in [1.29, 1.82) is 0 Å². The number of benzene rings is 1. The second kappa shape index (κ2) is 13.2. The summed E-state index contributed by atoms with van der Waals surface area (Å²) >= 11 is 6.51. The van der Waals surface area contributed by atoms with E-state index in [9.17, 15) is 24.0 Å². The summed E-state index contributed by atoms with van der Waals surface area (Å²) in [6.07, 6.45) is -5.16. The number of rotatable bonds is 8. The Balaban J connectivity index is 2.03. The molecule has 216 valence electrons. The fraction of sp³-hybridized carbons (Fsp3) is 0.462. The van der Waals surface area contributed by atoms with Crippen LogP contribution in [-0.4, -0.2) is 90.4 Å². The van der Waals surface area contributed by atoms with Crippen LogP contribution in [0.4, 0.5) is 5.69 Å². The van der Waals surface area contributed by atoms with Crippen LogP contribution in [0.3, 0.4) is 0 Å². The van der Waals surface area contributed by atoms with Crippen molar-refractivity contribution in [2.75, 3.05) is 25.6 Å². The molecule has 2 heterocycles. The molecule has 40 heavy (non-hydrogen) atoms. The van der Waals surface area contributed by atoms with E-state index in [4.69, 9.17) is 35.9 Å². The van der Waals surface area contributed by atoms with Crippen molar-refractivity contribution in [3.8, 4) is 0 Å². The Labute approximate surface area is 240 Å². The maximum Gasteiger partial charge on any atom is 0.303 e. The van der Waals surface area contributed by atoms with Crippen LogP contribution in [0.15, 0.2) is 29.2 Å². The minimum absolute atomic E-state index is 0.0852. The Morgan fingerprint density at radius 1 is 0.925 bits per heavy atom. The first kappa shape index (κ1) is 31.0. The Bertz CT molecular complexity index is 1220. The van der Waals surface area contributed by atoms with Crippen molar-refractivity contribution < 1.29 is 47.7 Å². The Kier molecular flexibility index (Phi) is 10.3. The normalized spacial score (nSPS) is 25.4. The third kappa shape index (κ3) is 7.58. The van der Waals surface area contributed by atoms with Gasteiger partial charge in [-0.3, -0.25) is 28.9 Å². The van der Waals surface area contributed by atoms with Gasteiger partial charge in [0.25, 0.3) is 5.91 Å². The lowest BCUT2D eigenvalue weighted by Crippen LogP contribution is -2.66. The molecule has 0 radical (unpaired) electrons. The van der Waals surface area contributed by atoms with Gasteiger partial charge in [-0.1, -0.05) is 36.1 Å². The number of nitrogens with zero attached hydrogens (tertiary/aromatic N) is 2. The number of ether oxygens (including phenoxy) is 5. The van der Waals surface area contributed by atoms with Gasteiger partial charge in [-0.05, 0) is 23.8 Å². The predicted octanol–water partition coefficient (Wildman–Crippen LogP) is 2.04. The molecular weight excluding hydrogens is 564 g/mol. The molecule has 3 rings (SSSR count). The van der Waals surface area contributed by atoms with E-state index in [1.165, 1.54) is 6.92 Å². The third-order valence-electron chi connectivity index (χ3n) is 5.75. The van der Waals surface area contributed by atoms with Crippen LogP contribution in [0.25, 0.3) is 6.08 Å². The van der Waals surface area contributed by atoms with E-state index < -0.39 is 67.0 Å². The second-order valence-electron chi connectivity index (χ2n) is 9.13. The summed E-state index contributed by atoms with van der Waals surface area (Å²) in [6.45, 7) is 4.11. The number of hydrogen-bond donors (Lipinski definition) is 0. The first-order chi connectivity index (χ1) is 18.8. The van der Waals surface area contributed by atoms with Crippen LogP contribution in [0.5, 0.6) is 0 Å². The molecular formula is C26H30N2O10S2. The van der Waals surface area contributed by atoms with Crippen molar-refractivity contribution in [2.45, 2.75) is 58.3 Å². The lowest BCUT2D eigenvalue weighted by atomic mass is 9.96. The summed E-state index contributed by atoms with van der Waals surface area (Å²) in [5.41, 5.74) is 1.72. The van der Waals surface area contributed by atoms with Gasteiger partial charge < -0.3 is 28.6 Å².